The van der Waals surface area contributed by atoms with Crippen LogP contribution in [0.3, 0.4) is 0 Å². The van der Waals surface area contributed by atoms with E-state index in [1.807, 2.05) is 18.3 Å². The lowest BCUT2D eigenvalue weighted by molar-refractivity contribution is 0.318. The third-order valence-electron chi connectivity index (χ3n) is 3.83. The Labute approximate surface area is 124 Å². The Bertz CT molecular complexity index is 607. The third kappa shape index (κ3) is 2.08. The van der Waals surface area contributed by atoms with Crippen molar-refractivity contribution in [2.24, 2.45) is 7.05 Å². The molecule has 0 aromatic carbocycles. The van der Waals surface area contributed by atoms with Gasteiger partial charge in [0.15, 0.2) is 5.11 Å². The Kier molecular flexibility index (Phi) is 3.44. The summed E-state index contributed by atoms with van der Waals surface area (Å²) in [4.78, 5) is 6.72. The summed E-state index contributed by atoms with van der Waals surface area (Å²) in [5.74, 6) is 0. The van der Waals surface area contributed by atoms with Gasteiger partial charge in [0.2, 0.25) is 0 Å². The zero-order valence-corrected chi connectivity index (χ0v) is 12.5. The van der Waals surface area contributed by atoms with E-state index in [2.05, 4.69) is 58.1 Å². The van der Waals surface area contributed by atoms with Gasteiger partial charge in [0.1, 0.15) is 0 Å². The highest BCUT2D eigenvalue weighted by Crippen LogP contribution is 2.37. The van der Waals surface area contributed by atoms with E-state index >= 15 is 0 Å². The van der Waals surface area contributed by atoms with E-state index in [-0.39, 0.29) is 12.1 Å². The van der Waals surface area contributed by atoms with Gasteiger partial charge in [-0.15, -0.1) is 0 Å². The maximum absolute atomic E-state index is 5.49. The normalized spacial score (nSPS) is 22.1. The second kappa shape index (κ2) is 5.25. The Morgan fingerprint density at radius 1 is 1.30 bits per heavy atom. The molecule has 1 aliphatic heterocycles. The molecule has 2 aromatic heterocycles. The smallest absolute Gasteiger partial charge is 0.170 e. The van der Waals surface area contributed by atoms with E-state index in [9.17, 15) is 0 Å². The lowest BCUT2D eigenvalue weighted by atomic mass is 10.0. The molecule has 2 aromatic rings. The number of thiocarbonyl (C=S) groups is 1. The molecule has 4 nitrogen and oxygen atoms in total. The van der Waals surface area contributed by atoms with E-state index in [0.717, 1.165) is 17.4 Å². The molecule has 5 heteroatoms. The molecule has 0 spiro atoms. The van der Waals surface area contributed by atoms with Crippen LogP contribution in [0.25, 0.3) is 0 Å². The van der Waals surface area contributed by atoms with Crippen molar-refractivity contribution in [3.05, 3.63) is 54.1 Å². The molecule has 2 unspecified atom stereocenters. The summed E-state index contributed by atoms with van der Waals surface area (Å²) in [7, 11) is 2.07. The van der Waals surface area contributed by atoms with Gasteiger partial charge in [-0.1, -0.05) is 6.07 Å². The highest BCUT2D eigenvalue weighted by Gasteiger charge is 2.39. The molecule has 1 aliphatic rings. The van der Waals surface area contributed by atoms with Crippen molar-refractivity contribution >= 4 is 17.3 Å². The lowest BCUT2D eigenvalue weighted by Gasteiger charge is -2.27. The summed E-state index contributed by atoms with van der Waals surface area (Å²) >= 11 is 5.49. The predicted molar refractivity (Wildman–Crippen MR) is 83.2 cm³/mol. The topological polar surface area (TPSA) is 33.1 Å². The second-order valence-electron chi connectivity index (χ2n) is 4.96. The van der Waals surface area contributed by atoms with Crippen molar-refractivity contribution in [3.63, 3.8) is 0 Å². The number of nitrogens with zero attached hydrogens (tertiary/aromatic N) is 3. The monoisotopic (exact) mass is 286 g/mol. The highest BCUT2D eigenvalue weighted by atomic mass is 32.1. The van der Waals surface area contributed by atoms with E-state index in [0.29, 0.717) is 0 Å². The average molecular weight is 286 g/mol. The molecule has 104 valence electrons. The summed E-state index contributed by atoms with van der Waals surface area (Å²) in [6.07, 6.45) is 3.90. The first-order valence-electron chi connectivity index (χ1n) is 6.81. The zero-order chi connectivity index (χ0) is 14.1. The van der Waals surface area contributed by atoms with Crippen LogP contribution in [0.1, 0.15) is 30.4 Å². The molecule has 0 saturated carbocycles. The first-order valence-corrected chi connectivity index (χ1v) is 7.22. The van der Waals surface area contributed by atoms with Crippen LogP contribution < -0.4 is 5.32 Å². The fraction of sp³-hybridized carbons (Fsp3) is 0.333. The lowest BCUT2D eigenvalue weighted by Crippen LogP contribution is -2.29. The van der Waals surface area contributed by atoms with Crippen LogP contribution in [-0.4, -0.2) is 26.1 Å². The fourth-order valence-electron chi connectivity index (χ4n) is 2.85. The number of pyridine rings is 1. The van der Waals surface area contributed by atoms with Gasteiger partial charge in [-0.3, -0.25) is 4.98 Å². The van der Waals surface area contributed by atoms with Crippen LogP contribution in [-0.2, 0) is 7.05 Å². The molecule has 1 N–H and O–H groups in total. The maximum Gasteiger partial charge on any atom is 0.170 e. The standard InChI is InChI=1S/C15H18N4S/c1-3-19-14(12-8-6-10-18(12)2)13(17-15(19)20)11-7-4-5-9-16-11/h4-10,13-14H,3H2,1-2H3,(H,17,20). The molecule has 3 rings (SSSR count). The van der Waals surface area contributed by atoms with Crippen LogP contribution in [0, 0.1) is 0 Å². The number of rotatable bonds is 3. The molecule has 3 heterocycles. The van der Waals surface area contributed by atoms with Crippen molar-refractivity contribution in [1.82, 2.24) is 19.8 Å². The van der Waals surface area contributed by atoms with Crippen molar-refractivity contribution < 1.29 is 0 Å². The molecule has 1 saturated heterocycles. The Morgan fingerprint density at radius 3 is 2.75 bits per heavy atom. The van der Waals surface area contributed by atoms with Crippen molar-refractivity contribution in [3.8, 4) is 0 Å². The van der Waals surface area contributed by atoms with Crippen LogP contribution >= 0.6 is 12.2 Å². The molecule has 2 atom stereocenters. The molecule has 0 aliphatic carbocycles. The van der Waals surface area contributed by atoms with E-state index in [1.165, 1.54) is 5.69 Å². The Morgan fingerprint density at radius 2 is 2.15 bits per heavy atom. The van der Waals surface area contributed by atoms with Crippen molar-refractivity contribution in [1.29, 1.82) is 0 Å². The number of hydrogen-bond donors (Lipinski definition) is 1. The molecule has 0 radical (unpaired) electrons. The summed E-state index contributed by atoms with van der Waals surface area (Å²) in [6.45, 7) is 3.01. The summed E-state index contributed by atoms with van der Waals surface area (Å²) < 4.78 is 2.15. The number of hydrogen-bond acceptors (Lipinski definition) is 2. The summed E-state index contributed by atoms with van der Waals surface area (Å²) in [5.41, 5.74) is 2.27. The minimum atomic E-state index is 0.0947. The highest BCUT2D eigenvalue weighted by molar-refractivity contribution is 7.80. The van der Waals surface area contributed by atoms with Gasteiger partial charge in [0.25, 0.3) is 0 Å². The van der Waals surface area contributed by atoms with Gasteiger partial charge < -0.3 is 14.8 Å². The molecule has 0 amide bonds. The first-order chi connectivity index (χ1) is 9.72. The average Bonchev–Trinajstić information content (AvgIpc) is 3.02. The van der Waals surface area contributed by atoms with Gasteiger partial charge in [0.05, 0.1) is 17.8 Å². The van der Waals surface area contributed by atoms with Gasteiger partial charge in [-0.2, -0.15) is 0 Å². The fourth-order valence-corrected chi connectivity index (χ4v) is 3.22. The van der Waals surface area contributed by atoms with Gasteiger partial charge in [-0.05, 0) is 43.4 Å². The number of aryl methyl sites for hydroxylation is 1. The molecular formula is C15H18N4S. The van der Waals surface area contributed by atoms with E-state index in [4.69, 9.17) is 12.2 Å². The van der Waals surface area contributed by atoms with Crippen LogP contribution in [0.4, 0.5) is 0 Å². The molecular weight excluding hydrogens is 268 g/mol. The minimum absolute atomic E-state index is 0.0947. The number of aromatic nitrogens is 2. The summed E-state index contributed by atoms with van der Waals surface area (Å²) in [5, 5.41) is 4.22. The van der Waals surface area contributed by atoms with Crippen LogP contribution in [0.5, 0.6) is 0 Å². The van der Waals surface area contributed by atoms with Gasteiger partial charge >= 0.3 is 0 Å². The largest absolute Gasteiger partial charge is 0.353 e. The molecule has 20 heavy (non-hydrogen) atoms. The molecule has 1 fully saturated rings. The van der Waals surface area contributed by atoms with Gasteiger partial charge in [-0.25, -0.2) is 0 Å². The number of likely N-dealkylation sites (N-methyl/N-ethyl adjacent to an activating group) is 1. The maximum atomic E-state index is 5.49. The first kappa shape index (κ1) is 13.1. The summed E-state index contributed by atoms with van der Waals surface area (Å²) in [6, 6.07) is 10.5. The van der Waals surface area contributed by atoms with Gasteiger partial charge in [0, 0.05) is 31.7 Å². The van der Waals surface area contributed by atoms with E-state index < -0.39 is 0 Å². The van der Waals surface area contributed by atoms with Crippen molar-refractivity contribution in [2.75, 3.05) is 6.54 Å². The second-order valence-corrected chi connectivity index (χ2v) is 5.34. The third-order valence-corrected chi connectivity index (χ3v) is 4.18. The minimum Gasteiger partial charge on any atom is -0.353 e. The van der Waals surface area contributed by atoms with Crippen LogP contribution in [0.15, 0.2) is 42.7 Å². The number of nitrogens with one attached hydrogen (secondary N) is 1. The Hall–Kier alpha value is -1.88. The SMILES string of the molecule is CCN1C(=S)NC(c2ccccn2)C1c1cccn1C. The van der Waals surface area contributed by atoms with Crippen LogP contribution in [0.2, 0.25) is 0 Å². The zero-order valence-electron chi connectivity index (χ0n) is 11.7. The quantitative estimate of drug-likeness (QED) is 0.879. The predicted octanol–water partition coefficient (Wildman–Crippen LogP) is 2.41. The van der Waals surface area contributed by atoms with Crippen molar-refractivity contribution in [2.45, 2.75) is 19.0 Å². The van der Waals surface area contributed by atoms with E-state index in [1.54, 1.807) is 0 Å². The Balaban J connectivity index is 2.05. The molecule has 0 bridgehead atoms.